The zero-order chi connectivity index (χ0) is 19.6. The molecule has 0 radical (unpaired) electrons. The van der Waals surface area contributed by atoms with Crippen LogP contribution in [0.2, 0.25) is 0 Å². The summed E-state index contributed by atoms with van der Waals surface area (Å²) < 4.78 is 9.41. The third-order valence-corrected chi connectivity index (χ3v) is 3.66. The summed E-state index contributed by atoms with van der Waals surface area (Å²) in [5.41, 5.74) is -0.664. The molecule has 0 N–H and O–H groups in total. The molecule has 0 amide bonds. The third-order valence-electron chi connectivity index (χ3n) is 3.66. The Kier molecular flexibility index (Phi) is 7.86. The number of hydrogen-bond donors (Lipinski definition) is 0. The van der Waals surface area contributed by atoms with Crippen LogP contribution in [0.1, 0.15) is 25.3 Å². The van der Waals surface area contributed by atoms with Gasteiger partial charge in [0.15, 0.2) is 11.2 Å². The number of esters is 2. The average molecular weight is 352 g/mol. The average Bonchev–Trinajstić information content (AvgIpc) is 2.65. The van der Waals surface area contributed by atoms with E-state index in [4.69, 9.17) is 15.9 Å². The van der Waals surface area contributed by atoms with Crippen molar-refractivity contribution >= 4 is 23.8 Å². The van der Waals surface area contributed by atoms with Gasteiger partial charge < -0.3 is 9.47 Å². The number of carbonyl (C=O) groups is 3. The number of benzene rings is 1. The molecular formula is C21H20O5. The van der Waals surface area contributed by atoms with Crippen LogP contribution in [0.4, 0.5) is 0 Å². The van der Waals surface area contributed by atoms with Crippen molar-refractivity contribution in [1.82, 2.24) is 0 Å². The molecule has 1 aromatic rings. The van der Waals surface area contributed by atoms with Gasteiger partial charge in [-0.2, -0.15) is 0 Å². The summed E-state index contributed by atoms with van der Waals surface area (Å²) >= 11 is 0. The van der Waals surface area contributed by atoms with Crippen LogP contribution in [0.3, 0.4) is 0 Å². The molecule has 0 saturated heterocycles. The SMILES string of the molecule is C#CCC(CC#C/C(=C\c1ccccc1)C(C)=O)(C(=O)OC)C(=O)OC. The predicted molar refractivity (Wildman–Crippen MR) is 97.4 cm³/mol. The Morgan fingerprint density at radius 1 is 1.08 bits per heavy atom. The second-order valence-electron chi connectivity index (χ2n) is 5.45. The Bertz CT molecular complexity index is 784. The number of ketones is 1. The molecule has 0 unspecified atom stereocenters. The molecule has 1 aromatic carbocycles. The standard InChI is InChI=1S/C21H20O5/c1-5-13-21(19(23)25-3,20(24)26-4)14-9-12-18(16(2)22)15-17-10-7-6-8-11-17/h1,6-8,10-11,15H,13-14H2,2-4H3/b18-15+. The van der Waals surface area contributed by atoms with Gasteiger partial charge in [-0.25, -0.2) is 0 Å². The molecule has 0 fully saturated rings. The molecule has 0 aliphatic carbocycles. The van der Waals surface area contributed by atoms with E-state index in [1.165, 1.54) is 6.92 Å². The van der Waals surface area contributed by atoms with Crippen LogP contribution in [0.25, 0.3) is 6.08 Å². The number of terminal acetylenes is 1. The molecular weight excluding hydrogens is 332 g/mol. The molecule has 0 heterocycles. The van der Waals surface area contributed by atoms with Gasteiger partial charge >= 0.3 is 11.9 Å². The highest BCUT2D eigenvalue weighted by Gasteiger charge is 2.47. The number of hydrogen-bond acceptors (Lipinski definition) is 5. The molecule has 0 aliphatic rings. The summed E-state index contributed by atoms with van der Waals surface area (Å²) in [5.74, 6) is 5.82. The Labute approximate surface area is 153 Å². The van der Waals surface area contributed by atoms with E-state index < -0.39 is 17.4 Å². The lowest BCUT2D eigenvalue weighted by Gasteiger charge is -2.23. The fraction of sp³-hybridized carbons (Fsp3) is 0.286. The molecule has 0 atom stereocenters. The Balaban J connectivity index is 3.23. The lowest BCUT2D eigenvalue weighted by atomic mass is 9.81. The summed E-state index contributed by atoms with van der Waals surface area (Å²) in [6.07, 6.45) is 6.49. The number of Topliss-reactive ketones (excluding diaryl/α,β-unsaturated/α-hetero) is 1. The van der Waals surface area contributed by atoms with Crippen molar-refractivity contribution in [2.45, 2.75) is 19.8 Å². The van der Waals surface area contributed by atoms with Crippen molar-refractivity contribution in [3.8, 4) is 24.2 Å². The lowest BCUT2D eigenvalue weighted by Crippen LogP contribution is -2.40. The predicted octanol–water partition coefficient (Wildman–Crippen LogP) is 2.41. The first kappa shape index (κ1) is 20.7. The quantitative estimate of drug-likeness (QED) is 0.340. The van der Waals surface area contributed by atoms with Crippen molar-refractivity contribution in [1.29, 1.82) is 0 Å². The molecule has 5 nitrogen and oxygen atoms in total. The van der Waals surface area contributed by atoms with Crippen molar-refractivity contribution < 1.29 is 23.9 Å². The first-order chi connectivity index (χ1) is 12.4. The Hall–Kier alpha value is -3.31. The van der Waals surface area contributed by atoms with E-state index in [0.717, 1.165) is 19.8 Å². The van der Waals surface area contributed by atoms with Gasteiger partial charge in [0.25, 0.3) is 0 Å². The maximum absolute atomic E-state index is 12.2. The molecule has 1 rings (SSSR count). The van der Waals surface area contributed by atoms with E-state index in [-0.39, 0.29) is 24.2 Å². The monoisotopic (exact) mass is 352 g/mol. The van der Waals surface area contributed by atoms with Gasteiger partial charge in [0.2, 0.25) is 0 Å². The van der Waals surface area contributed by atoms with Crippen LogP contribution in [0.5, 0.6) is 0 Å². The second kappa shape index (κ2) is 9.86. The summed E-state index contributed by atoms with van der Waals surface area (Å²) in [7, 11) is 2.31. The van der Waals surface area contributed by atoms with Gasteiger partial charge in [0.05, 0.1) is 19.8 Å². The van der Waals surface area contributed by atoms with Gasteiger partial charge in [-0.05, 0) is 18.6 Å². The molecule has 0 spiro atoms. The maximum Gasteiger partial charge on any atom is 0.325 e. The van der Waals surface area contributed by atoms with Crippen molar-refractivity contribution in [2.75, 3.05) is 14.2 Å². The third kappa shape index (κ3) is 5.09. The highest BCUT2D eigenvalue weighted by Crippen LogP contribution is 2.29. The molecule has 0 saturated carbocycles. The molecule has 0 aliphatic heterocycles. The Morgan fingerprint density at radius 2 is 1.65 bits per heavy atom. The van der Waals surface area contributed by atoms with Crippen LogP contribution in [-0.4, -0.2) is 31.9 Å². The van der Waals surface area contributed by atoms with E-state index in [0.29, 0.717) is 0 Å². The minimum Gasteiger partial charge on any atom is -0.468 e. The topological polar surface area (TPSA) is 69.7 Å². The van der Waals surface area contributed by atoms with Crippen molar-refractivity contribution in [2.24, 2.45) is 5.41 Å². The zero-order valence-corrected chi connectivity index (χ0v) is 15.0. The minimum atomic E-state index is -1.72. The van der Waals surface area contributed by atoms with Crippen molar-refractivity contribution in [3.05, 3.63) is 41.5 Å². The van der Waals surface area contributed by atoms with Gasteiger partial charge in [-0.1, -0.05) is 42.2 Å². The number of rotatable bonds is 6. The first-order valence-corrected chi connectivity index (χ1v) is 7.78. The van der Waals surface area contributed by atoms with E-state index in [1.54, 1.807) is 6.08 Å². The van der Waals surface area contributed by atoms with Crippen LogP contribution in [0.15, 0.2) is 35.9 Å². The van der Waals surface area contributed by atoms with E-state index >= 15 is 0 Å². The smallest absolute Gasteiger partial charge is 0.325 e. The normalized spacial score (nSPS) is 10.8. The zero-order valence-electron chi connectivity index (χ0n) is 15.0. The lowest BCUT2D eigenvalue weighted by molar-refractivity contribution is -0.168. The number of methoxy groups -OCH3 is 2. The molecule has 0 aromatic heterocycles. The minimum absolute atomic E-state index is 0.223. The fourth-order valence-corrected chi connectivity index (χ4v) is 2.23. The Morgan fingerprint density at radius 3 is 2.12 bits per heavy atom. The fourth-order valence-electron chi connectivity index (χ4n) is 2.23. The number of carbonyl (C=O) groups excluding carboxylic acids is 3. The highest BCUT2D eigenvalue weighted by atomic mass is 16.5. The van der Waals surface area contributed by atoms with Crippen LogP contribution in [0, 0.1) is 29.6 Å². The first-order valence-electron chi connectivity index (χ1n) is 7.78. The van der Waals surface area contributed by atoms with E-state index in [2.05, 4.69) is 17.8 Å². The molecule has 5 heteroatoms. The van der Waals surface area contributed by atoms with Gasteiger partial charge in [0.1, 0.15) is 0 Å². The van der Waals surface area contributed by atoms with Crippen LogP contribution in [-0.2, 0) is 23.9 Å². The largest absolute Gasteiger partial charge is 0.468 e. The van der Waals surface area contributed by atoms with E-state index in [9.17, 15) is 14.4 Å². The highest BCUT2D eigenvalue weighted by molar-refractivity contribution is 6.03. The van der Waals surface area contributed by atoms with Gasteiger partial charge in [-0.15, -0.1) is 12.3 Å². The maximum atomic E-state index is 12.2. The summed E-state index contributed by atoms with van der Waals surface area (Å²) in [5, 5.41) is 0. The summed E-state index contributed by atoms with van der Waals surface area (Å²) in [4.78, 5) is 36.1. The van der Waals surface area contributed by atoms with Gasteiger partial charge in [0, 0.05) is 12.8 Å². The van der Waals surface area contributed by atoms with Crippen molar-refractivity contribution in [3.63, 3.8) is 0 Å². The molecule has 0 bridgehead atoms. The number of allylic oxidation sites excluding steroid dienone is 1. The van der Waals surface area contributed by atoms with E-state index in [1.807, 2.05) is 30.3 Å². The number of ether oxygens (including phenoxy) is 2. The summed E-state index contributed by atoms with van der Waals surface area (Å²) in [6, 6.07) is 9.19. The van der Waals surface area contributed by atoms with Crippen LogP contribution < -0.4 is 0 Å². The molecule has 134 valence electrons. The summed E-state index contributed by atoms with van der Waals surface area (Å²) in [6.45, 7) is 1.39. The molecule has 26 heavy (non-hydrogen) atoms. The second-order valence-corrected chi connectivity index (χ2v) is 5.45. The van der Waals surface area contributed by atoms with Gasteiger partial charge in [-0.3, -0.25) is 14.4 Å². The van der Waals surface area contributed by atoms with Crippen LogP contribution >= 0.6 is 0 Å².